The maximum atomic E-state index is 12.0. The average molecular weight is 222 g/mol. The number of Topliss-reactive ketones (excluding diaryl/α,β-unsaturated/α-hetero) is 1. The van der Waals surface area contributed by atoms with Gasteiger partial charge in [0.1, 0.15) is 0 Å². The zero-order chi connectivity index (χ0) is 12.3. The van der Waals surface area contributed by atoms with E-state index in [1.54, 1.807) is 12.1 Å². The molecule has 0 spiro atoms. The fraction of sp³-hybridized carbons (Fsp3) is 0.462. The maximum absolute atomic E-state index is 12.0. The Labute approximate surface area is 96.1 Å². The number of rotatable bonds is 3. The summed E-state index contributed by atoms with van der Waals surface area (Å²) in [6, 6.07) is 4.70. The summed E-state index contributed by atoms with van der Waals surface area (Å²) in [6.45, 7) is 7.88. The van der Waals surface area contributed by atoms with Crippen molar-refractivity contribution >= 4 is 5.78 Å². The quantitative estimate of drug-likeness (QED) is 0.799. The van der Waals surface area contributed by atoms with Gasteiger partial charge in [-0.15, -0.1) is 0 Å². The molecule has 0 saturated carbocycles. The van der Waals surface area contributed by atoms with Crippen molar-refractivity contribution in [2.45, 2.75) is 27.7 Å². The lowest BCUT2D eigenvalue weighted by Crippen LogP contribution is -2.20. The van der Waals surface area contributed by atoms with Crippen molar-refractivity contribution in [2.24, 2.45) is 5.41 Å². The Morgan fingerprint density at radius 3 is 2.50 bits per heavy atom. The molecule has 0 aliphatic heterocycles. The van der Waals surface area contributed by atoms with Crippen molar-refractivity contribution in [2.75, 3.05) is 6.61 Å². The third-order valence-corrected chi connectivity index (χ3v) is 2.20. The topological polar surface area (TPSA) is 46.5 Å². The van der Waals surface area contributed by atoms with Gasteiger partial charge in [-0.3, -0.25) is 4.79 Å². The molecule has 3 heteroatoms. The Kier molecular flexibility index (Phi) is 3.58. The number of carbonyl (C=O) groups excluding carboxylic acids is 1. The number of carbonyl (C=O) groups is 1. The number of ketones is 1. The molecule has 0 fully saturated rings. The minimum Gasteiger partial charge on any atom is -0.504 e. The predicted molar refractivity (Wildman–Crippen MR) is 63.1 cm³/mol. The van der Waals surface area contributed by atoms with E-state index in [9.17, 15) is 9.90 Å². The third kappa shape index (κ3) is 2.75. The molecule has 1 rings (SSSR count). The lowest BCUT2D eigenvalue weighted by atomic mass is 9.86. The molecule has 1 aromatic rings. The van der Waals surface area contributed by atoms with E-state index in [1.807, 2.05) is 27.7 Å². The van der Waals surface area contributed by atoms with Crippen molar-refractivity contribution in [3.63, 3.8) is 0 Å². The number of ether oxygens (including phenoxy) is 1. The molecule has 1 N–H and O–H groups in total. The molecular formula is C13H18O3. The third-order valence-electron chi connectivity index (χ3n) is 2.20. The van der Waals surface area contributed by atoms with Crippen molar-refractivity contribution in [1.82, 2.24) is 0 Å². The van der Waals surface area contributed by atoms with Gasteiger partial charge in [0.25, 0.3) is 0 Å². The van der Waals surface area contributed by atoms with Crippen LogP contribution < -0.4 is 4.74 Å². The summed E-state index contributed by atoms with van der Waals surface area (Å²) in [5.41, 5.74) is 0.134. The molecule has 0 amide bonds. The largest absolute Gasteiger partial charge is 0.504 e. The molecule has 1 aromatic carbocycles. The number of hydrogen-bond acceptors (Lipinski definition) is 3. The second-order valence-electron chi connectivity index (χ2n) is 4.69. The molecule has 0 saturated heterocycles. The van der Waals surface area contributed by atoms with E-state index in [-0.39, 0.29) is 11.5 Å². The highest BCUT2D eigenvalue weighted by Gasteiger charge is 2.23. The van der Waals surface area contributed by atoms with Crippen molar-refractivity contribution in [3.8, 4) is 11.5 Å². The van der Waals surface area contributed by atoms with Gasteiger partial charge >= 0.3 is 0 Å². The van der Waals surface area contributed by atoms with Crippen LogP contribution in [0.25, 0.3) is 0 Å². The Morgan fingerprint density at radius 2 is 2.00 bits per heavy atom. The van der Waals surface area contributed by atoms with Crippen LogP contribution in [-0.2, 0) is 0 Å². The van der Waals surface area contributed by atoms with Crippen LogP contribution in [0.2, 0.25) is 0 Å². The first-order chi connectivity index (χ1) is 7.36. The SMILES string of the molecule is CCOc1cc(C(=O)C(C)(C)C)ccc1O. The number of aromatic hydroxyl groups is 1. The van der Waals surface area contributed by atoms with Crippen LogP contribution in [-0.4, -0.2) is 17.5 Å². The molecule has 88 valence electrons. The monoisotopic (exact) mass is 222 g/mol. The van der Waals surface area contributed by atoms with Gasteiger partial charge in [-0.05, 0) is 25.1 Å². The Morgan fingerprint density at radius 1 is 1.38 bits per heavy atom. The van der Waals surface area contributed by atoms with Crippen LogP contribution >= 0.6 is 0 Å². The van der Waals surface area contributed by atoms with Crippen molar-refractivity contribution in [1.29, 1.82) is 0 Å². The summed E-state index contributed by atoms with van der Waals surface area (Å²) < 4.78 is 5.24. The molecule has 0 aliphatic rings. The summed E-state index contributed by atoms with van der Waals surface area (Å²) in [5.74, 6) is 0.457. The highest BCUT2D eigenvalue weighted by Crippen LogP contribution is 2.29. The molecule has 0 bridgehead atoms. The summed E-state index contributed by atoms with van der Waals surface area (Å²) in [5, 5.41) is 9.51. The second-order valence-corrected chi connectivity index (χ2v) is 4.69. The van der Waals surface area contributed by atoms with Crippen LogP contribution in [0.4, 0.5) is 0 Å². The molecule has 0 radical (unpaired) electrons. The van der Waals surface area contributed by atoms with Gasteiger partial charge in [0, 0.05) is 11.0 Å². The minimum atomic E-state index is -0.430. The summed E-state index contributed by atoms with van der Waals surface area (Å²) in [7, 11) is 0. The predicted octanol–water partition coefficient (Wildman–Crippen LogP) is 3.02. The molecule has 0 atom stereocenters. The van der Waals surface area contributed by atoms with Gasteiger partial charge in [-0.2, -0.15) is 0 Å². The molecular weight excluding hydrogens is 204 g/mol. The maximum Gasteiger partial charge on any atom is 0.168 e. The van der Waals surface area contributed by atoms with E-state index in [4.69, 9.17) is 4.74 Å². The van der Waals surface area contributed by atoms with Crippen molar-refractivity contribution < 1.29 is 14.6 Å². The van der Waals surface area contributed by atoms with Crippen LogP contribution in [0.15, 0.2) is 18.2 Å². The Bertz CT molecular complexity index is 389. The van der Waals surface area contributed by atoms with Crippen LogP contribution in [0, 0.1) is 5.41 Å². The smallest absolute Gasteiger partial charge is 0.168 e. The molecule has 3 nitrogen and oxygen atoms in total. The molecule has 0 aliphatic carbocycles. The normalized spacial score (nSPS) is 11.2. The first kappa shape index (κ1) is 12.6. The Hall–Kier alpha value is -1.51. The number of benzene rings is 1. The van der Waals surface area contributed by atoms with E-state index >= 15 is 0 Å². The molecule has 0 heterocycles. The van der Waals surface area contributed by atoms with Crippen LogP contribution in [0.5, 0.6) is 11.5 Å². The van der Waals surface area contributed by atoms with Gasteiger partial charge in [0.2, 0.25) is 0 Å². The van der Waals surface area contributed by atoms with E-state index < -0.39 is 5.41 Å². The highest BCUT2D eigenvalue weighted by atomic mass is 16.5. The van der Waals surface area contributed by atoms with Crippen LogP contribution in [0.3, 0.4) is 0 Å². The zero-order valence-electron chi connectivity index (χ0n) is 10.2. The van der Waals surface area contributed by atoms with Gasteiger partial charge in [0.05, 0.1) is 6.61 Å². The van der Waals surface area contributed by atoms with Crippen molar-refractivity contribution in [3.05, 3.63) is 23.8 Å². The first-order valence-corrected chi connectivity index (χ1v) is 5.37. The lowest BCUT2D eigenvalue weighted by Gasteiger charge is -2.17. The van der Waals surface area contributed by atoms with E-state index in [0.29, 0.717) is 17.9 Å². The summed E-state index contributed by atoms with van der Waals surface area (Å²) in [4.78, 5) is 12.0. The summed E-state index contributed by atoms with van der Waals surface area (Å²) >= 11 is 0. The fourth-order valence-electron chi connectivity index (χ4n) is 1.36. The molecule has 0 unspecified atom stereocenters. The number of phenols is 1. The fourth-order valence-corrected chi connectivity index (χ4v) is 1.36. The van der Waals surface area contributed by atoms with Gasteiger partial charge in [-0.25, -0.2) is 0 Å². The minimum absolute atomic E-state index is 0.0356. The van der Waals surface area contributed by atoms with Gasteiger partial charge in [0.15, 0.2) is 17.3 Å². The number of hydrogen-bond donors (Lipinski definition) is 1. The van der Waals surface area contributed by atoms with E-state index in [0.717, 1.165) is 0 Å². The van der Waals surface area contributed by atoms with E-state index in [1.165, 1.54) is 6.07 Å². The second kappa shape index (κ2) is 4.56. The first-order valence-electron chi connectivity index (χ1n) is 5.37. The summed E-state index contributed by atoms with van der Waals surface area (Å²) in [6.07, 6.45) is 0. The standard InChI is InChI=1S/C13H18O3/c1-5-16-11-8-9(6-7-10(11)14)12(15)13(2,3)4/h6-8,14H,5H2,1-4H3. The molecule has 16 heavy (non-hydrogen) atoms. The lowest BCUT2D eigenvalue weighted by molar-refractivity contribution is 0.0858. The van der Waals surface area contributed by atoms with E-state index in [2.05, 4.69) is 0 Å². The number of phenolic OH excluding ortho intramolecular Hbond substituents is 1. The highest BCUT2D eigenvalue weighted by molar-refractivity contribution is 6.00. The zero-order valence-corrected chi connectivity index (χ0v) is 10.2. The van der Waals surface area contributed by atoms with Crippen LogP contribution in [0.1, 0.15) is 38.1 Å². The van der Waals surface area contributed by atoms with Gasteiger partial charge in [-0.1, -0.05) is 20.8 Å². The average Bonchev–Trinajstić information content (AvgIpc) is 2.19. The Balaban J connectivity index is 3.08. The van der Waals surface area contributed by atoms with Gasteiger partial charge < -0.3 is 9.84 Å². The molecule has 0 aromatic heterocycles.